The van der Waals surface area contributed by atoms with Crippen molar-refractivity contribution in [2.24, 2.45) is 0 Å². The maximum atomic E-state index is 14.4. The van der Waals surface area contributed by atoms with Crippen LogP contribution in [0.25, 0.3) is 0 Å². The molecule has 10 heteroatoms. The predicted molar refractivity (Wildman–Crippen MR) is 184 cm³/mol. The van der Waals surface area contributed by atoms with Gasteiger partial charge in [0.05, 0.1) is 10.6 Å². The topological polar surface area (TPSA) is 86.8 Å². The van der Waals surface area contributed by atoms with E-state index >= 15 is 0 Å². The number of anilines is 1. The average Bonchev–Trinajstić information content (AvgIpc) is 3.03. The molecule has 0 spiro atoms. The third-order valence-electron chi connectivity index (χ3n) is 7.26. The second kappa shape index (κ2) is 15.5. The Balaban J connectivity index is 1.79. The molecule has 44 heavy (non-hydrogen) atoms. The molecule has 4 aromatic rings. The van der Waals surface area contributed by atoms with Gasteiger partial charge in [-0.05, 0) is 95.6 Å². The number of sulfonamides is 1. The zero-order valence-electron chi connectivity index (χ0n) is 24.6. The number of carbonyl (C=O) groups is 2. The summed E-state index contributed by atoms with van der Waals surface area (Å²) in [5.41, 5.74) is 1.97. The minimum Gasteiger partial charge on any atom is -0.352 e. The lowest BCUT2D eigenvalue weighted by Gasteiger charge is -2.34. The highest BCUT2D eigenvalue weighted by Gasteiger charge is 2.35. The summed E-state index contributed by atoms with van der Waals surface area (Å²) in [6, 6.07) is 30.5. The molecule has 0 unspecified atom stereocenters. The fourth-order valence-corrected chi connectivity index (χ4v) is 6.56. The first-order chi connectivity index (χ1) is 21.1. The first-order valence-electron chi connectivity index (χ1n) is 14.3. The Morgan fingerprint density at radius 1 is 0.841 bits per heavy atom. The summed E-state index contributed by atoms with van der Waals surface area (Å²) in [6.45, 7) is 3.45. The van der Waals surface area contributed by atoms with Crippen LogP contribution in [-0.4, -0.2) is 43.8 Å². The van der Waals surface area contributed by atoms with E-state index in [-0.39, 0.29) is 29.8 Å². The molecule has 0 bridgehead atoms. The van der Waals surface area contributed by atoms with Crippen LogP contribution < -0.4 is 9.62 Å². The maximum Gasteiger partial charge on any atom is 0.264 e. The smallest absolute Gasteiger partial charge is 0.264 e. The second-order valence-electron chi connectivity index (χ2n) is 10.5. The first kappa shape index (κ1) is 33.5. The maximum absolute atomic E-state index is 14.4. The molecule has 7 nitrogen and oxygen atoms in total. The van der Waals surface area contributed by atoms with Gasteiger partial charge in [0.15, 0.2) is 0 Å². The molecule has 2 amide bonds. The van der Waals surface area contributed by atoms with Gasteiger partial charge < -0.3 is 10.2 Å². The molecule has 230 valence electrons. The number of nitrogens with zero attached hydrogens (tertiary/aromatic N) is 2. The number of hydrogen-bond acceptors (Lipinski definition) is 4. The van der Waals surface area contributed by atoms with Crippen LogP contribution in [0.1, 0.15) is 31.4 Å². The zero-order valence-corrected chi connectivity index (χ0v) is 28.3. The largest absolute Gasteiger partial charge is 0.352 e. The molecular formula is C34H35ClIN3O4S. The van der Waals surface area contributed by atoms with Gasteiger partial charge in [0.25, 0.3) is 10.0 Å². The normalized spacial score (nSPS) is 12.6. The van der Waals surface area contributed by atoms with Crippen molar-refractivity contribution in [3.05, 3.63) is 129 Å². The van der Waals surface area contributed by atoms with Crippen LogP contribution >= 0.6 is 34.2 Å². The van der Waals surface area contributed by atoms with E-state index in [9.17, 15) is 18.0 Å². The lowest BCUT2D eigenvalue weighted by atomic mass is 10.0. The van der Waals surface area contributed by atoms with Gasteiger partial charge in [-0.25, -0.2) is 8.42 Å². The molecule has 0 saturated carbocycles. The van der Waals surface area contributed by atoms with Crippen LogP contribution in [0.15, 0.2) is 114 Å². The van der Waals surface area contributed by atoms with Crippen LogP contribution in [0.2, 0.25) is 5.02 Å². The molecule has 0 aromatic heterocycles. The number of nitrogens with one attached hydrogen (secondary N) is 1. The van der Waals surface area contributed by atoms with Crippen molar-refractivity contribution in [2.75, 3.05) is 10.8 Å². The van der Waals surface area contributed by atoms with Gasteiger partial charge in [0, 0.05) is 27.6 Å². The van der Waals surface area contributed by atoms with Crippen LogP contribution in [0, 0.1) is 3.57 Å². The third kappa shape index (κ3) is 8.83. The SMILES string of the molecule is CC[C@@H](C)NC(=O)[C@@H](Cc1ccccc1)N(Cc1ccc(Cl)cc1)C(=O)CN(c1ccc(I)cc1)S(=O)(=O)c1ccccc1. The summed E-state index contributed by atoms with van der Waals surface area (Å²) in [4.78, 5) is 29.8. The molecule has 2 atom stereocenters. The van der Waals surface area contributed by atoms with Gasteiger partial charge in [-0.2, -0.15) is 0 Å². The number of rotatable bonds is 13. The Kier molecular flexibility index (Phi) is 11.8. The van der Waals surface area contributed by atoms with E-state index in [1.165, 1.54) is 17.0 Å². The number of halogens is 2. The lowest BCUT2D eigenvalue weighted by Crippen LogP contribution is -2.54. The van der Waals surface area contributed by atoms with E-state index in [4.69, 9.17) is 11.6 Å². The molecule has 0 aliphatic heterocycles. The van der Waals surface area contributed by atoms with Crippen molar-refractivity contribution in [1.29, 1.82) is 0 Å². The molecule has 4 rings (SSSR count). The third-order valence-corrected chi connectivity index (χ3v) is 10.0. The second-order valence-corrected chi connectivity index (χ2v) is 14.0. The Morgan fingerprint density at radius 3 is 2.02 bits per heavy atom. The van der Waals surface area contributed by atoms with Gasteiger partial charge in [-0.1, -0.05) is 79.2 Å². The van der Waals surface area contributed by atoms with Crippen molar-refractivity contribution >= 4 is 61.7 Å². The highest BCUT2D eigenvalue weighted by atomic mass is 127. The molecule has 1 N–H and O–H groups in total. The van der Waals surface area contributed by atoms with E-state index in [1.807, 2.05) is 44.2 Å². The number of hydrogen-bond donors (Lipinski definition) is 1. The molecule has 0 saturated heterocycles. The van der Waals surface area contributed by atoms with Gasteiger partial charge >= 0.3 is 0 Å². The van der Waals surface area contributed by atoms with E-state index in [2.05, 4.69) is 27.9 Å². The Morgan fingerprint density at radius 2 is 1.43 bits per heavy atom. The highest BCUT2D eigenvalue weighted by Crippen LogP contribution is 2.26. The fourth-order valence-electron chi connectivity index (χ4n) is 4.64. The minimum atomic E-state index is -4.14. The first-order valence-corrected chi connectivity index (χ1v) is 17.2. The summed E-state index contributed by atoms with van der Waals surface area (Å²) in [5, 5.41) is 3.58. The summed E-state index contributed by atoms with van der Waals surface area (Å²) in [6.07, 6.45) is 0.961. The quantitative estimate of drug-likeness (QED) is 0.155. The van der Waals surface area contributed by atoms with Crippen molar-refractivity contribution in [3.8, 4) is 0 Å². The Labute approximate surface area is 278 Å². The average molecular weight is 744 g/mol. The minimum absolute atomic E-state index is 0.0611. The molecule has 0 fully saturated rings. The van der Waals surface area contributed by atoms with Gasteiger partial charge in [-0.15, -0.1) is 0 Å². The van der Waals surface area contributed by atoms with E-state index in [1.54, 1.807) is 66.7 Å². The lowest BCUT2D eigenvalue weighted by molar-refractivity contribution is -0.140. The zero-order chi connectivity index (χ0) is 31.7. The van der Waals surface area contributed by atoms with Crippen LogP contribution in [0.4, 0.5) is 5.69 Å². The van der Waals surface area contributed by atoms with Crippen molar-refractivity contribution in [2.45, 2.75) is 50.2 Å². The van der Waals surface area contributed by atoms with Crippen LogP contribution in [0.5, 0.6) is 0 Å². The molecule has 0 aliphatic rings. The predicted octanol–water partition coefficient (Wildman–Crippen LogP) is 6.69. The summed E-state index contributed by atoms with van der Waals surface area (Å²) in [7, 11) is -4.14. The summed E-state index contributed by atoms with van der Waals surface area (Å²) in [5.74, 6) is -0.824. The van der Waals surface area contributed by atoms with Crippen LogP contribution in [-0.2, 0) is 32.6 Å². The molecular weight excluding hydrogens is 709 g/mol. The summed E-state index contributed by atoms with van der Waals surface area (Å²) < 4.78 is 30.1. The molecule has 0 aliphatic carbocycles. The van der Waals surface area contributed by atoms with E-state index in [0.29, 0.717) is 17.1 Å². The number of amides is 2. The number of benzene rings is 4. The summed E-state index contributed by atoms with van der Waals surface area (Å²) >= 11 is 8.29. The Bertz CT molecular complexity index is 1640. The molecule has 0 heterocycles. The van der Waals surface area contributed by atoms with Gasteiger partial charge in [0.1, 0.15) is 12.6 Å². The van der Waals surface area contributed by atoms with Crippen molar-refractivity contribution in [1.82, 2.24) is 10.2 Å². The van der Waals surface area contributed by atoms with Gasteiger partial charge in [0.2, 0.25) is 11.8 Å². The van der Waals surface area contributed by atoms with Crippen LogP contribution in [0.3, 0.4) is 0 Å². The van der Waals surface area contributed by atoms with Crippen molar-refractivity contribution < 1.29 is 18.0 Å². The highest BCUT2D eigenvalue weighted by molar-refractivity contribution is 14.1. The molecule has 0 radical (unpaired) electrons. The van der Waals surface area contributed by atoms with E-state index < -0.39 is 28.5 Å². The van der Waals surface area contributed by atoms with E-state index in [0.717, 1.165) is 19.0 Å². The Hall–Kier alpha value is -3.41. The number of carbonyl (C=O) groups excluding carboxylic acids is 2. The standard InChI is InChI=1S/C34H35ClIN3O4S/c1-3-25(2)37-34(41)32(22-26-10-6-4-7-11-26)38(23-27-14-16-28(35)17-15-27)33(40)24-39(30-20-18-29(36)19-21-30)44(42,43)31-12-8-5-9-13-31/h4-21,25,32H,3,22-24H2,1-2H3,(H,37,41)/t25-,32-/m1/s1. The van der Waals surface area contributed by atoms with Crippen molar-refractivity contribution in [3.63, 3.8) is 0 Å². The van der Waals surface area contributed by atoms with Gasteiger partial charge in [-0.3, -0.25) is 13.9 Å². The molecule has 4 aromatic carbocycles. The monoisotopic (exact) mass is 743 g/mol. The fraction of sp³-hybridized carbons (Fsp3) is 0.235.